The predicted molar refractivity (Wildman–Crippen MR) is 50.8 cm³/mol. The van der Waals surface area contributed by atoms with Crippen molar-refractivity contribution >= 4 is 21.7 Å². The first-order valence-electron chi connectivity index (χ1n) is 3.69. The van der Waals surface area contributed by atoms with E-state index in [1.54, 1.807) is 6.92 Å². The molecule has 0 aliphatic carbocycles. The summed E-state index contributed by atoms with van der Waals surface area (Å²) in [7, 11) is 0. The van der Waals surface area contributed by atoms with Crippen LogP contribution in [0.1, 0.15) is 17.3 Å². The quantitative estimate of drug-likeness (QED) is 0.643. The molecule has 2 nitrogen and oxygen atoms in total. The van der Waals surface area contributed by atoms with Gasteiger partial charge < -0.3 is 5.11 Å². The van der Waals surface area contributed by atoms with E-state index in [1.807, 2.05) is 0 Å². The average molecular weight is 247 g/mol. The Labute approximate surface area is 83.5 Å². The number of ketones is 1. The number of halogens is 2. The molecule has 1 N–H and O–H groups in total. The molecule has 0 aliphatic heterocycles. The van der Waals surface area contributed by atoms with Crippen LogP contribution in [0, 0.1) is 5.82 Å². The first kappa shape index (κ1) is 10.2. The summed E-state index contributed by atoms with van der Waals surface area (Å²) in [5, 5.41) is 8.89. The smallest absolute Gasteiger partial charge is 0.179 e. The lowest BCUT2D eigenvalue weighted by Gasteiger charge is -2.03. The van der Waals surface area contributed by atoms with E-state index in [0.717, 1.165) is 6.07 Å². The highest BCUT2D eigenvalue weighted by Gasteiger charge is 2.16. The Bertz CT molecular complexity index is 336. The molecule has 0 fully saturated rings. The van der Waals surface area contributed by atoms with E-state index in [2.05, 4.69) is 15.9 Å². The van der Waals surface area contributed by atoms with E-state index in [4.69, 9.17) is 5.11 Å². The highest BCUT2D eigenvalue weighted by molar-refractivity contribution is 9.10. The van der Waals surface area contributed by atoms with Gasteiger partial charge in [0.1, 0.15) is 11.6 Å². The molecule has 13 heavy (non-hydrogen) atoms. The fourth-order valence-electron chi connectivity index (χ4n) is 0.918. The Hall–Kier alpha value is -0.900. The fourth-order valence-corrected chi connectivity index (χ4v) is 1.16. The first-order chi connectivity index (χ1) is 6.02. The molecule has 1 unspecified atom stereocenters. The van der Waals surface area contributed by atoms with Crippen LogP contribution in [0.4, 0.5) is 4.39 Å². The van der Waals surface area contributed by atoms with Crippen molar-refractivity contribution in [2.45, 2.75) is 11.8 Å². The maximum atomic E-state index is 13.1. The van der Waals surface area contributed by atoms with Crippen LogP contribution in [-0.4, -0.2) is 15.7 Å². The van der Waals surface area contributed by atoms with Gasteiger partial charge in [0, 0.05) is 6.07 Å². The van der Waals surface area contributed by atoms with Gasteiger partial charge in [-0.1, -0.05) is 15.9 Å². The molecule has 1 aromatic rings. The van der Waals surface area contributed by atoms with Gasteiger partial charge in [0.2, 0.25) is 0 Å². The molecule has 0 aromatic heterocycles. The van der Waals surface area contributed by atoms with Gasteiger partial charge in [0.25, 0.3) is 0 Å². The number of rotatable bonds is 2. The third-order valence-electron chi connectivity index (χ3n) is 1.58. The second-order valence-electron chi connectivity index (χ2n) is 2.64. The summed E-state index contributed by atoms with van der Waals surface area (Å²) in [6.45, 7) is 1.62. The summed E-state index contributed by atoms with van der Waals surface area (Å²) >= 11 is 3.05. The molecule has 0 aliphatic rings. The SMILES string of the molecule is CC(Br)C(=O)c1ccc(O)cc1F. The van der Waals surface area contributed by atoms with Crippen LogP contribution in [0.15, 0.2) is 18.2 Å². The Kier molecular flexibility index (Phi) is 3.03. The molecule has 70 valence electrons. The number of carbonyl (C=O) groups is 1. The second-order valence-corrected chi connectivity index (χ2v) is 4.02. The largest absolute Gasteiger partial charge is 0.508 e. The monoisotopic (exact) mass is 246 g/mol. The second kappa shape index (κ2) is 3.87. The minimum Gasteiger partial charge on any atom is -0.508 e. The summed E-state index contributed by atoms with van der Waals surface area (Å²) in [5.41, 5.74) is -0.0119. The molecule has 0 saturated carbocycles. The molecular weight excluding hydrogens is 239 g/mol. The molecule has 0 heterocycles. The van der Waals surface area contributed by atoms with Gasteiger partial charge in [-0.15, -0.1) is 0 Å². The van der Waals surface area contributed by atoms with E-state index in [1.165, 1.54) is 12.1 Å². The Morgan fingerprint density at radius 1 is 1.62 bits per heavy atom. The third kappa shape index (κ3) is 2.28. The van der Waals surface area contributed by atoms with Gasteiger partial charge in [0.15, 0.2) is 5.78 Å². The number of carbonyl (C=O) groups excluding carboxylic acids is 1. The molecule has 1 aromatic carbocycles. The number of benzene rings is 1. The number of hydrogen-bond acceptors (Lipinski definition) is 2. The lowest BCUT2D eigenvalue weighted by atomic mass is 10.1. The van der Waals surface area contributed by atoms with Crippen molar-refractivity contribution in [3.8, 4) is 5.75 Å². The van der Waals surface area contributed by atoms with Crippen LogP contribution >= 0.6 is 15.9 Å². The van der Waals surface area contributed by atoms with Crippen molar-refractivity contribution in [2.24, 2.45) is 0 Å². The summed E-state index contributed by atoms with van der Waals surface area (Å²) in [4.78, 5) is 10.9. The standard InChI is InChI=1S/C9H8BrFO2/c1-5(10)9(13)7-3-2-6(12)4-8(7)11/h2-5,12H,1H3. The van der Waals surface area contributed by atoms with Gasteiger partial charge in [0.05, 0.1) is 10.4 Å². The predicted octanol–water partition coefficient (Wildman–Crippen LogP) is 2.50. The molecule has 0 amide bonds. The van der Waals surface area contributed by atoms with Crippen molar-refractivity contribution in [1.82, 2.24) is 0 Å². The molecule has 0 radical (unpaired) electrons. The zero-order valence-electron chi connectivity index (χ0n) is 6.92. The van der Waals surface area contributed by atoms with Crippen molar-refractivity contribution < 1.29 is 14.3 Å². The summed E-state index contributed by atoms with van der Waals surface area (Å²) in [6.07, 6.45) is 0. The lowest BCUT2D eigenvalue weighted by Crippen LogP contribution is -2.11. The summed E-state index contributed by atoms with van der Waals surface area (Å²) in [6, 6.07) is 3.47. The van der Waals surface area contributed by atoms with Gasteiger partial charge in [-0.3, -0.25) is 4.79 Å². The highest BCUT2D eigenvalue weighted by atomic mass is 79.9. The molecular formula is C9H8BrFO2. The van der Waals surface area contributed by atoms with E-state index in [0.29, 0.717) is 0 Å². The number of alkyl halides is 1. The zero-order valence-corrected chi connectivity index (χ0v) is 8.51. The fraction of sp³-hybridized carbons (Fsp3) is 0.222. The molecule has 0 saturated heterocycles. The Morgan fingerprint density at radius 2 is 2.23 bits per heavy atom. The third-order valence-corrected chi connectivity index (χ3v) is 2.00. The maximum Gasteiger partial charge on any atom is 0.179 e. The Balaban J connectivity index is 3.09. The molecule has 1 atom stereocenters. The maximum absolute atomic E-state index is 13.1. The van der Waals surface area contributed by atoms with Crippen LogP contribution in [0.2, 0.25) is 0 Å². The van der Waals surface area contributed by atoms with Gasteiger partial charge >= 0.3 is 0 Å². The summed E-state index contributed by atoms with van der Waals surface area (Å²) in [5.74, 6) is -1.22. The number of phenolic OH excluding ortho intramolecular Hbond substituents is 1. The van der Waals surface area contributed by atoms with Crippen LogP contribution in [0.3, 0.4) is 0 Å². The van der Waals surface area contributed by atoms with E-state index >= 15 is 0 Å². The van der Waals surface area contributed by atoms with Gasteiger partial charge in [-0.05, 0) is 19.1 Å². The van der Waals surface area contributed by atoms with Crippen molar-refractivity contribution in [1.29, 1.82) is 0 Å². The van der Waals surface area contributed by atoms with Crippen LogP contribution in [-0.2, 0) is 0 Å². The Morgan fingerprint density at radius 3 is 2.69 bits per heavy atom. The lowest BCUT2D eigenvalue weighted by molar-refractivity contribution is 0.0992. The van der Waals surface area contributed by atoms with Crippen molar-refractivity contribution in [2.75, 3.05) is 0 Å². The number of aromatic hydroxyl groups is 1. The molecule has 4 heteroatoms. The zero-order chi connectivity index (χ0) is 10.0. The summed E-state index contributed by atoms with van der Waals surface area (Å²) < 4.78 is 13.1. The topological polar surface area (TPSA) is 37.3 Å². The number of Topliss-reactive ketones (excluding diaryl/α,β-unsaturated/α-hetero) is 1. The van der Waals surface area contributed by atoms with E-state index in [9.17, 15) is 9.18 Å². The number of hydrogen-bond donors (Lipinski definition) is 1. The van der Waals surface area contributed by atoms with E-state index < -0.39 is 10.6 Å². The van der Waals surface area contributed by atoms with Crippen LogP contribution in [0.25, 0.3) is 0 Å². The molecule has 1 rings (SSSR count). The first-order valence-corrected chi connectivity index (χ1v) is 4.60. The molecule has 0 spiro atoms. The highest BCUT2D eigenvalue weighted by Crippen LogP contribution is 2.18. The minimum atomic E-state index is -0.698. The average Bonchev–Trinajstić information content (AvgIpc) is 2.03. The minimum absolute atomic E-state index is 0.0119. The van der Waals surface area contributed by atoms with E-state index in [-0.39, 0.29) is 17.1 Å². The van der Waals surface area contributed by atoms with Crippen molar-refractivity contribution in [3.05, 3.63) is 29.6 Å². The normalized spacial score (nSPS) is 12.5. The molecule has 0 bridgehead atoms. The van der Waals surface area contributed by atoms with Gasteiger partial charge in [-0.25, -0.2) is 4.39 Å². The van der Waals surface area contributed by atoms with Crippen LogP contribution in [0.5, 0.6) is 5.75 Å². The van der Waals surface area contributed by atoms with Crippen LogP contribution < -0.4 is 0 Å². The van der Waals surface area contributed by atoms with Gasteiger partial charge in [-0.2, -0.15) is 0 Å². The van der Waals surface area contributed by atoms with Crippen molar-refractivity contribution in [3.63, 3.8) is 0 Å². The number of phenols is 1.